The lowest BCUT2D eigenvalue weighted by Crippen LogP contribution is -2.26. The summed E-state index contributed by atoms with van der Waals surface area (Å²) < 4.78 is 33.6. The topological polar surface area (TPSA) is 84.5 Å². The number of ether oxygens (including phenoxy) is 1. The molecule has 0 radical (unpaired) electrons. The van der Waals surface area contributed by atoms with Gasteiger partial charge in [0.05, 0.1) is 17.2 Å². The number of benzene rings is 3. The van der Waals surface area contributed by atoms with Crippen LogP contribution in [0.1, 0.15) is 28.8 Å². The second-order valence-electron chi connectivity index (χ2n) is 7.86. The zero-order valence-electron chi connectivity index (χ0n) is 17.7. The first-order valence-corrected chi connectivity index (χ1v) is 12.2. The maximum atomic E-state index is 12.8. The average Bonchev–Trinajstić information content (AvgIpc) is 3.64. The fourth-order valence-electron chi connectivity index (χ4n) is 3.25. The molecular formula is C25H26N2O4S. The Morgan fingerprint density at radius 1 is 0.938 bits per heavy atom. The van der Waals surface area contributed by atoms with Crippen molar-refractivity contribution in [1.29, 1.82) is 0 Å². The Bertz CT molecular complexity index is 1180. The van der Waals surface area contributed by atoms with Gasteiger partial charge in [-0.3, -0.25) is 4.79 Å². The van der Waals surface area contributed by atoms with Crippen LogP contribution in [0.3, 0.4) is 0 Å². The van der Waals surface area contributed by atoms with E-state index in [1.54, 1.807) is 24.3 Å². The molecule has 3 aromatic rings. The van der Waals surface area contributed by atoms with Crippen LogP contribution < -0.4 is 14.8 Å². The summed E-state index contributed by atoms with van der Waals surface area (Å²) in [7, 11) is -3.65. The van der Waals surface area contributed by atoms with E-state index in [1.807, 2.05) is 42.5 Å². The third kappa shape index (κ3) is 5.96. The number of hydrogen-bond donors (Lipinski definition) is 2. The van der Waals surface area contributed by atoms with Crippen molar-refractivity contribution in [1.82, 2.24) is 4.72 Å². The minimum absolute atomic E-state index is 0.0817. The molecule has 2 N–H and O–H groups in total. The second-order valence-corrected chi connectivity index (χ2v) is 9.62. The number of carbonyl (C=O) groups excluding carboxylic acids is 1. The molecule has 3 aromatic carbocycles. The lowest BCUT2D eigenvalue weighted by molar-refractivity contribution is 0.102. The van der Waals surface area contributed by atoms with Crippen molar-refractivity contribution in [2.45, 2.75) is 24.2 Å². The van der Waals surface area contributed by atoms with Gasteiger partial charge in [-0.2, -0.15) is 0 Å². The maximum Gasteiger partial charge on any atom is 0.255 e. The van der Waals surface area contributed by atoms with Gasteiger partial charge in [-0.25, -0.2) is 13.1 Å². The molecule has 166 valence electrons. The summed E-state index contributed by atoms with van der Waals surface area (Å²) in [5.74, 6) is 0.588. The summed E-state index contributed by atoms with van der Waals surface area (Å²) in [5, 5.41) is 2.84. The summed E-state index contributed by atoms with van der Waals surface area (Å²) in [6.45, 7) is 0.906. The molecule has 0 spiro atoms. The summed E-state index contributed by atoms with van der Waals surface area (Å²) in [6, 6.07) is 23.3. The van der Waals surface area contributed by atoms with Crippen molar-refractivity contribution in [3.8, 4) is 5.75 Å². The molecule has 0 aliphatic heterocycles. The molecule has 0 atom stereocenters. The zero-order chi connectivity index (χ0) is 22.4. The molecule has 0 heterocycles. The minimum Gasteiger partial charge on any atom is -0.491 e. The SMILES string of the molecule is O=C(Nc1ccccc1OCCc1ccccc1)c1cccc(S(=O)(=O)NCC2CC2)c1. The van der Waals surface area contributed by atoms with Crippen molar-refractivity contribution in [3.63, 3.8) is 0 Å². The van der Waals surface area contributed by atoms with E-state index in [2.05, 4.69) is 10.0 Å². The second kappa shape index (κ2) is 9.97. The Kier molecular flexibility index (Phi) is 6.87. The fraction of sp³-hybridized carbons (Fsp3) is 0.240. The summed E-state index contributed by atoms with van der Waals surface area (Å²) in [4.78, 5) is 12.9. The molecule has 1 amide bonds. The van der Waals surface area contributed by atoms with Crippen molar-refractivity contribution in [2.24, 2.45) is 5.92 Å². The number of nitrogens with one attached hydrogen (secondary N) is 2. The highest BCUT2D eigenvalue weighted by Gasteiger charge is 2.24. The normalized spacial score (nSPS) is 13.5. The standard InChI is InChI=1S/C25H26N2O4S/c28-25(21-9-6-10-22(17-21)32(29,30)26-18-20-13-14-20)27-23-11-4-5-12-24(23)31-16-15-19-7-2-1-3-8-19/h1-12,17,20,26H,13-16,18H2,(H,27,28). The highest BCUT2D eigenvalue weighted by molar-refractivity contribution is 7.89. The molecule has 7 heteroatoms. The van der Waals surface area contributed by atoms with Crippen LogP contribution in [0, 0.1) is 5.92 Å². The Balaban J connectivity index is 1.41. The van der Waals surface area contributed by atoms with Crippen LogP contribution in [-0.2, 0) is 16.4 Å². The molecule has 1 aliphatic carbocycles. The van der Waals surface area contributed by atoms with Crippen LogP contribution in [0.15, 0.2) is 83.8 Å². The fourth-order valence-corrected chi connectivity index (χ4v) is 4.41. The largest absolute Gasteiger partial charge is 0.491 e. The van der Waals surface area contributed by atoms with E-state index < -0.39 is 15.9 Å². The van der Waals surface area contributed by atoms with Gasteiger partial charge in [0, 0.05) is 18.5 Å². The third-order valence-electron chi connectivity index (χ3n) is 5.29. The van der Waals surface area contributed by atoms with E-state index in [-0.39, 0.29) is 10.5 Å². The van der Waals surface area contributed by atoms with Gasteiger partial charge in [0.2, 0.25) is 10.0 Å². The van der Waals surface area contributed by atoms with Crippen LogP contribution in [-0.4, -0.2) is 27.5 Å². The van der Waals surface area contributed by atoms with E-state index in [1.165, 1.54) is 17.7 Å². The molecule has 1 saturated carbocycles. The van der Waals surface area contributed by atoms with Gasteiger partial charge in [-0.15, -0.1) is 0 Å². The van der Waals surface area contributed by atoms with Crippen LogP contribution in [0.5, 0.6) is 5.75 Å². The summed E-state index contributed by atoms with van der Waals surface area (Å²) in [6.07, 6.45) is 2.85. The van der Waals surface area contributed by atoms with Gasteiger partial charge in [-0.05, 0) is 54.7 Å². The van der Waals surface area contributed by atoms with Gasteiger partial charge >= 0.3 is 0 Å². The van der Waals surface area contributed by atoms with Crippen LogP contribution in [0.2, 0.25) is 0 Å². The molecule has 0 saturated heterocycles. The quantitative estimate of drug-likeness (QED) is 0.484. The first-order valence-electron chi connectivity index (χ1n) is 10.7. The van der Waals surface area contributed by atoms with Gasteiger partial charge in [0.25, 0.3) is 5.91 Å². The molecular weight excluding hydrogens is 424 g/mol. The molecule has 1 aliphatic rings. The number of hydrogen-bond acceptors (Lipinski definition) is 4. The van der Waals surface area contributed by atoms with Crippen molar-refractivity contribution < 1.29 is 17.9 Å². The van der Waals surface area contributed by atoms with E-state index >= 15 is 0 Å². The molecule has 1 fully saturated rings. The number of amides is 1. The average molecular weight is 451 g/mol. The smallest absolute Gasteiger partial charge is 0.255 e. The molecule has 0 bridgehead atoms. The van der Waals surface area contributed by atoms with E-state index in [9.17, 15) is 13.2 Å². The number of carbonyl (C=O) groups is 1. The van der Waals surface area contributed by atoms with Crippen molar-refractivity contribution in [3.05, 3.63) is 90.0 Å². The van der Waals surface area contributed by atoms with Gasteiger partial charge in [-0.1, -0.05) is 48.5 Å². The Hall–Kier alpha value is -3.16. The highest BCUT2D eigenvalue weighted by atomic mass is 32.2. The van der Waals surface area contributed by atoms with Gasteiger partial charge in [0.1, 0.15) is 5.75 Å². The maximum absolute atomic E-state index is 12.8. The summed E-state index contributed by atoms with van der Waals surface area (Å²) >= 11 is 0. The predicted molar refractivity (Wildman–Crippen MR) is 124 cm³/mol. The third-order valence-corrected chi connectivity index (χ3v) is 6.71. The first kappa shape index (κ1) is 22.0. The molecule has 0 unspecified atom stereocenters. The van der Waals surface area contributed by atoms with Crippen LogP contribution in [0.4, 0.5) is 5.69 Å². The minimum atomic E-state index is -3.65. The lowest BCUT2D eigenvalue weighted by atomic mass is 10.2. The zero-order valence-corrected chi connectivity index (χ0v) is 18.5. The van der Waals surface area contributed by atoms with E-state index in [0.29, 0.717) is 30.5 Å². The molecule has 4 rings (SSSR count). The number of sulfonamides is 1. The molecule has 0 aromatic heterocycles. The summed E-state index contributed by atoms with van der Waals surface area (Å²) in [5.41, 5.74) is 1.96. The van der Waals surface area contributed by atoms with Gasteiger partial charge < -0.3 is 10.1 Å². The Morgan fingerprint density at radius 2 is 1.69 bits per heavy atom. The van der Waals surface area contributed by atoms with Crippen LogP contribution >= 0.6 is 0 Å². The monoisotopic (exact) mass is 450 g/mol. The number of rotatable bonds is 10. The first-order chi connectivity index (χ1) is 15.5. The molecule has 6 nitrogen and oxygen atoms in total. The lowest BCUT2D eigenvalue weighted by Gasteiger charge is -2.13. The van der Waals surface area contributed by atoms with E-state index in [0.717, 1.165) is 19.3 Å². The highest BCUT2D eigenvalue weighted by Crippen LogP contribution is 2.28. The van der Waals surface area contributed by atoms with Gasteiger partial charge in [0.15, 0.2) is 0 Å². The Morgan fingerprint density at radius 3 is 2.47 bits per heavy atom. The van der Waals surface area contributed by atoms with Crippen molar-refractivity contribution in [2.75, 3.05) is 18.5 Å². The van der Waals surface area contributed by atoms with E-state index in [4.69, 9.17) is 4.74 Å². The number of para-hydroxylation sites is 2. The molecule has 32 heavy (non-hydrogen) atoms. The number of anilines is 1. The van der Waals surface area contributed by atoms with Crippen LogP contribution in [0.25, 0.3) is 0 Å². The predicted octanol–water partition coefficient (Wildman–Crippen LogP) is 4.25. The Labute approximate surface area is 188 Å². The van der Waals surface area contributed by atoms with Crippen molar-refractivity contribution >= 4 is 21.6 Å².